The summed E-state index contributed by atoms with van der Waals surface area (Å²) in [6.45, 7) is 6.04. The first-order valence-electron chi connectivity index (χ1n) is 11.9. The molecule has 200 valence electrons. The van der Waals surface area contributed by atoms with E-state index in [1.165, 1.54) is 38.4 Å². The van der Waals surface area contributed by atoms with Gasteiger partial charge in [-0.3, -0.25) is 18.7 Å². The maximum absolute atomic E-state index is 13.6. The number of ether oxygens (including phenoxy) is 1. The first kappa shape index (κ1) is 26.8. The molecule has 1 saturated heterocycles. The van der Waals surface area contributed by atoms with E-state index < -0.39 is 45.2 Å². The number of carbonyl (C=O) groups excluding carboxylic acids is 2. The van der Waals surface area contributed by atoms with Gasteiger partial charge in [-0.1, -0.05) is 26.8 Å². The predicted octanol–water partition coefficient (Wildman–Crippen LogP) is 1.30. The third kappa shape index (κ3) is 4.75. The molecule has 1 saturated carbocycles. The number of esters is 1. The van der Waals surface area contributed by atoms with Crippen molar-refractivity contribution in [2.24, 2.45) is 24.9 Å². The van der Waals surface area contributed by atoms with Gasteiger partial charge in [-0.25, -0.2) is 18.0 Å². The molecule has 4 rings (SSSR count). The molecule has 1 aliphatic heterocycles. The fraction of sp³-hybridized carbons (Fsp3) is 0.520. The zero-order chi connectivity index (χ0) is 27.5. The highest BCUT2D eigenvalue weighted by atomic mass is 32.2. The van der Waals surface area contributed by atoms with E-state index in [4.69, 9.17) is 10.5 Å². The quantitative estimate of drug-likeness (QED) is 0.432. The lowest BCUT2D eigenvalue weighted by atomic mass is 9.65. The van der Waals surface area contributed by atoms with Gasteiger partial charge >= 0.3 is 11.7 Å². The molecular weight excluding hydrogens is 500 g/mol. The van der Waals surface area contributed by atoms with Gasteiger partial charge < -0.3 is 10.5 Å². The summed E-state index contributed by atoms with van der Waals surface area (Å²) in [4.78, 5) is 49.6. The number of nitrogens with zero attached hydrogens (tertiary/aromatic N) is 3. The Hall–Kier alpha value is -3.25. The Labute approximate surface area is 214 Å². The normalized spacial score (nSPS) is 23.1. The second kappa shape index (κ2) is 8.95. The maximum Gasteiger partial charge on any atom is 0.338 e. The third-order valence-electron chi connectivity index (χ3n) is 7.37. The molecule has 2 atom stereocenters. The van der Waals surface area contributed by atoms with E-state index >= 15 is 0 Å². The molecule has 37 heavy (non-hydrogen) atoms. The molecule has 1 aromatic heterocycles. The first-order chi connectivity index (χ1) is 17.1. The molecule has 0 unspecified atom stereocenters. The molecule has 0 amide bonds. The van der Waals surface area contributed by atoms with Crippen LogP contribution >= 0.6 is 0 Å². The minimum absolute atomic E-state index is 0.0293. The van der Waals surface area contributed by atoms with Crippen LogP contribution in [0.4, 0.5) is 5.82 Å². The zero-order valence-electron chi connectivity index (χ0n) is 21.6. The molecule has 2 N–H and O–H groups in total. The number of ketones is 1. The van der Waals surface area contributed by atoms with E-state index in [0.29, 0.717) is 6.54 Å². The number of rotatable bonds is 6. The molecule has 0 spiro atoms. The highest BCUT2D eigenvalue weighted by molar-refractivity contribution is 7.89. The SMILES string of the molecule is Cn1c(N)c(C(=O)COC(=O)c2cccc(S(=O)(=O)N3C[C@@]4(C)C[C@H]3CC(C)(C)C4)c2)c(=O)n(C)c1=O. The van der Waals surface area contributed by atoms with Crippen LogP contribution in [0.5, 0.6) is 0 Å². The average Bonchev–Trinajstić information content (AvgIpc) is 3.09. The summed E-state index contributed by atoms with van der Waals surface area (Å²) in [7, 11) is -1.36. The molecular formula is C25H32N4O7S. The van der Waals surface area contributed by atoms with Crippen LogP contribution in [0.2, 0.25) is 0 Å². The topological polar surface area (TPSA) is 151 Å². The number of Topliss-reactive ketones (excluding diaryl/α,β-unsaturated/α-hetero) is 1. The van der Waals surface area contributed by atoms with Crippen molar-refractivity contribution in [2.75, 3.05) is 18.9 Å². The summed E-state index contributed by atoms with van der Waals surface area (Å²) >= 11 is 0. The highest BCUT2D eigenvalue weighted by Crippen LogP contribution is 2.53. The fourth-order valence-electron chi connectivity index (χ4n) is 6.02. The van der Waals surface area contributed by atoms with Gasteiger partial charge in [-0.15, -0.1) is 0 Å². The molecule has 2 bridgehead atoms. The van der Waals surface area contributed by atoms with Crippen LogP contribution in [0.15, 0.2) is 38.8 Å². The minimum atomic E-state index is -3.87. The van der Waals surface area contributed by atoms with Crippen LogP contribution in [0, 0.1) is 10.8 Å². The second-order valence-electron chi connectivity index (χ2n) is 11.3. The minimum Gasteiger partial charge on any atom is -0.454 e. The van der Waals surface area contributed by atoms with E-state index in [-0.39, 0.29) is 33.1 Å². The summed E-state index contributed by atoms with van der Waals surface area (Å²) in [6, 6.07) is 5.39. The number of nitrogens with two attached hydrogens (primary N) is 1. The van der Waals surface area contributed by atoms with E-state index in [2.05, 4.69) is 20.8 Å². The number of hydrogen-bond acceptors (Lipinski definition) is 8. The van der Waals surface area contributed by atoms with Crippen LogP contribution in [0.3, 0.4) is 0 Å². The fourth-order valence-corrected chi connectivity index (χ4v) is 7.84. The van der Waals surface area contributed by atoms with Crippen molar-refractivity contribution < 1.29 is 22.7 Å². The summed E-state index contributed by atoms with van der Waals surface area (Å²) in [5.74, 6) is -2.15. The Kier molecular flexibility index (Phi) is 6.48. The molecule has 2 heterocycles. The highest BCUT2D eigenvalue weighted by Gasteiger charge is 2.53. The van der Waals surface area contributed by atoms with Gasteiger partial charge in [0.05, 0.1) is 10.5 Å². The Morgan fingerprint density at radius 1 is 1.11 bits per heavy atom. The Balaban J connectivity index is 1.53. The number of nitrogen functional groups attached to an aromatic ring is 1. The van der Waals surface area contributed by atoms with E-state index in [1.807, 2.05) is 0 Å². The number of hydrogen-bond donors (Lipinski definition) is 1. The van der Waals surface area contributed by atoms with Gasteiger partial charge in [0.1, 0.15) is 11.4 Å². The Morgan fingerprint density at radius 2 is 1.78 bits per heavy atom. The molecule has 1 aromatic carbocycles. The van der Waals surface area contributed by atoms with Crippen molar-refractivity contribution in [2.45, 2.75) is 51.0 Å². The molecule has 2 fully saturated rings. The first-order valence-corrected chi connectivity index (χ1v) is 13.4. The van der Waals surface area contributed by atoms with Crippen LogP contribution in [-0.4, -0.2) is 52.8 Å². The summed E-state index contributed by atoms with van der Waals surface area (Å²) < 4.78 is 35.4. The lowest BCUT2D eigenvalue weighted by molar-refractivity contribution is 0.0474. The van der Waals surface area contributed by atoms with Gasteiger partial charge in [0.25, 0.3) is 5.56 Å². The zero-order valence-corrected chi connectivity index (χ0v) is 22.4. The smallest absolute Gasteiger partial charge is 0.338 e. The van der Waals surface area contributed by atoms with Crippen LogP contribution in [-0.2, 0) is 28.9 Å². The monoisotopic (exact) mass is 532 g/mol. The lowest BCUT2D eigenvalue weighted by Crippen LogP contribution is -2.42. The number of aromatic nitrogens is 2. The van der Waals surface area contributed by atoms with E-state index in [0.717, 1.165) is 28.4 Å². The van der Waals surface area contributed by atoms with Crippen molar-refractivity contribution in [3.8, 4) is 0 Å². The van der Waals surface area contributed by atoms with Gasteiger partial charge in [0.15, 0.2) is 6.61 Å². The lowest BCUT2D eigenvalue weighted by Gasteiger charge is -2.39. The van der Waals surface area contributed by atoms with Crippen LogP contribution in [0.25, 0.3) is 0 Å². The molecule has 1 aliphatic carbocycles. The Morgan fingerprint density at radius 3 is 2.46 bits per heavy atom. The summed E-state index contributed by atoms with van der Waals surface area (Å²) in [5.41, 5.74) is 3.60. The second-order valence-corrected chi connectivity index (χ2v) is 13.1. The van der Waals surface area contributed by atoms with E-state index in [1.54, 1.807) is 4.31 Å². The van der Waals surface area contributed by atoms with Crippen LogP contribution < -0.4 is 17.0 Å². The summed E-state index contributed by atoms with van der Waals surface area (Å²) in [6.07, 6.45) is 2.50. The van der Waals surface area contributed by atoms with Gasteiger partial charge in [0, 0.05) is 26.7 Å². The maximum atomic E-state index is 13.6. The van der Waals surface area contributed by atoms with Gasteiger partial charge in [-0.2, -0.15) is 4.31 Å². The van der Waals surface area contributed by atoms with Crippen molar-refractivity contribution >= 4 is 27.6 Å². The molecule has 2 aliphatic rings. The molecule has 0 radical (unpaired) electrons. The van der Waals surface area contributed by atoms with E-state index in [9.17, 15) is 27.6 Å². The number of sulfonamides is 1. The third-order valence-corrected chi connectivity index (χ3v) is 9.26. The largest absolute Gasteiger partial charge is 0.454 e. The number of fused-ring (bicyclic) bond motifs is 2. The van der Waals surface area contributed by atoms with Crippen LogP contribution in [0.1, 0.15) is 60.7 Å². The Bertz CT molecular complexity index is 1520. The van der Waals surface area contributed by atoms with Crippen molar-refractivity contribution in [3.05, 3.63) is 56.2 Å². The van der Waals surface area contributed by atoms with Gasteiger partial charge in [-0.05, 0) is 48.3 Å². The average molecular weight is 533 g/mol. The van der Waals surface area contributed by atoms with Crippen molar-refractivity contribution in [1.29, 1.82) is 0 Å². The number of benzene rings is 1. The molecule has 11 nitrogen and oxygen atoms in total. The van der Waals surface area contributed by atoms with Gasteiger partial charge in [0.2, 0.25) is 15.8 Å². The number of anilines is 1. The number of carbonyl (C=O) groups is 2. The van der Waals surface area contributed by atoms with Crippen molar-refractivity contribution in [1.82, 2.24) is 13.4 Å². The van der Waals surface area contributed by atoms with Crippen molar-refractivity contribution in [3.63, 3.8) is 0 Å². The molecule has 12 heteroatoms. The molecule has 2 aromatic rings. The standard InChI is InChI=1S/C25H32N4O7S/c1-24(2)10-16-11-25(3,13-24)14-29(16)37(34,35)17-8-6-7-15(9-17)22(32)36-12-18(30)19-20(26)27(4)23(33)28(5)21(19)31/h6-9,16H,10-14,26H2,1-5H3/t16-,25+/m1/s1. The predicted molar refractivity (Wildman–Crippen MR) is 136 cm³/mol. The summed E-state index contributed by atoms with van der Waals surface area (Å²) in [5, 5.41) is 0.